The number of aryl methyl sites for hydroxylation is 1. The zero-order chi connectivity index (χ0) is 18.9. The summed E-state index contributed by atoms with van der Waals surface area (Å²) in [6.07, 6.45) is 5.49. The Morgan fingerprint density at radius 2 is 2.07 bits per heavy atom. The third-order valence-corrected chi connectivity index (χ3v) is 7.06. The van der Waals surface area contributed by atoms with Crippen molar-refractivity contribution < 1.29 is 9.53 Å². The van der Waals surface area contributed by atoms with Crippen LogP contribution in [0.25, 0.3) is 10.9 Å². The molecule has 4 heteroatoms. The Kier molecular flexibility index (Phi) is 3.74. The van der Waals surface area contributed by atoms with Crippen molar-refractivity contribution in [2.24, 2.45) is 5.41 Å². The van der Waals surface area contributed by atoms with Gasteiger partial charge < -0.3 is 9.30 Å². The fraction of sp³-hybridized carbons (Fsp3) is 0.609. The van der Waals surface area contributed by atoms with Crippen molar-refractivity contribution in [3.63, 3.8) is 0 Å². The number of ether oxygens (including phenoxy) is 1. The SMILES string of the molecule is Cc1ccc2c(c1)c1c(n2CC2(C(=O)OC(C)C)CC2)CC2CCC1N2C. The summed E-state index contributed by atoms with van der Waals surface area (Å²) in [6.45, 7) is 6.83. The molecule has 3 heterocycles. The van der Waals surface area contributed by atoms with Crippen LogP contribution < -0.4 is 0 Å². The molecule has 2 fully saturated rings. The summed E-state index contributed by atoms with van der Waals surface area (Å²) in [5, 5.41) is 1.40. The Bertz CT molecular complexity index is 922. The molecule has 27 heavy (non-hydrogen) atoms. The van der Waals surface area contributed by atoms with E-state index in [0.29, 0.717) is 12.1 Å². The maximum absolute atomic E-state index is 12.8. The minimum atomic E-state index is -0.308. The summed E-state index contributed by atoms with van der Waals surface area (Å²) < 4.78 is 8.10. The maximum Gasteiger partial charge on any atom is 0.314 e. The number of fused-ring (bicyclic) bond motifs is 6. The van der Waals surface area contributed by atoms with Gasteiger partial charge in [-0.1, -0.05) is 11.6 Å². The molecule has 1 aromatic heterocycles. The number of hydrogen-bond acceptors (Lipinski definition) is 3. The molecule has 2 bridgehead atoms. The van der Waals surface area contributed by atoms with Gasteiger partial charge in [0.05, 0.1) is 11.5 Å². The number of benzene rings is 1. The van der Waals surface area contributed by atoms with Crippen molar-refractivity contribution >= 4 is 16.9 Å². The number of nitrogens with zero attached hydrogens (tertiary/aromatic N) is 2. The van der Waals surface area contributed by atoms with Gasteiger partial charge in [-0.05, 0) is 71.2 Å². The van der Waals surface area contributed by atoms with E-state index in [-0.39, 0.29) is 17.5 Å². The lowest BCUT2D eigenvalue weighted by Gasteiger charge is -2.33. The van der Waals surface area contributed by atoms with Gasteiger partial charge in [0.1, 0.15) is 0 Å². The van der Waals surface area contributed by atoms with Crippen LogP contribution in [0.4, 0.5) is 0 Å². The normalized spacial score (nSPS) is 25.8. The smallest absolute Gasteiger partial charge is 0.314 e. The molecule has 144 valence electrons. The lowest BCUT2D eigenvalue weighted by Crippen LogP contribution is -2.35. The van der Waals surface area contributed by atoms with Crippen molar-refractivity contribution in [1.29, 1.82) is 0 Å². The summed E-state index contributed by atoms with van der Waals surface area (Å²) in [5.74, 6) is -0.00360. The Labute approximate surface area is 161 Å². The minimum absolute atomic E-state index is 0.00360. The van der Waals surface area contributed by atoms with Gasteiger partial charge in [0, 0.05) is 41.6 Å². The van der Waals surface area contributed by atoms with Gasteiger partial charge in [-0.25, -0.2) is 0 Å². The van der Waals surface area contributed by atoms with E-state index in [1.807, 2.05) is 13.8 Å². The molecule has 1 aliphatic carbocycles. The quantitative estimate of drug-likeness (QED) is 0.754. The van der Waals surface area contributed by atoms with Crippen LogP contribution in [-0.2, 0) is 22.5 Å². The van der Waals surface area contributed by atoms with Crippen LogP contribution in [0, 0.1) is 12.3 Å². The Hall–Kier alpha value is -1.81. The molecule has 5 rings (SSSR count). The number of carbonyl (C=O) groups excluding carboxylic acids is 1. The predicted molar refractivity (Wildman–Crippen MR) is 107 cm³/mol. The van der Waals surface area contributed by atoms with Gasteiger partial charge in [0.25, 0.3) is 0 Å². The second-order valence-corrected chi connectivity index (χ2v) is 9.32. The highest BCUT2D eigenvalue weighted by Gasteiger charge is 2.53. The van der Waals surface area contributed by atoms with Crippen molar-refractivity contribution in [2.45, 2.75) is 77.6 Å². The number of carbonyl (C=O) groups is 1. The Morgan fingerprint density at radius 1 is 1.30 bits per heavy atom. The largest absolute Gasteiger partial charge is 0.462 e. The van der Waals surface area contributed by atoms with Crippen molar-refractivity contribution in [3.8, 4) is 0 Å². The summed E-state index contributed by atoms with van der Waals surface area (Å²) in [4.78, 5) is 15.3. The molecule has 0 spiro atoms. The molecule has 0 N–H and O–H groups in total. The molecule has 1 saturated carbocycles. The van der Waals surface area contributed by atoms with E-state index in [2.05, 4.69) is 41.6 Å². The van der Waals surface area contributed by atoms with Gasteiger partial charge >= 0.3 is 5.97 Å². The molecule has 4 nitrogen and oxygen atoms in total. The standard InChI is InChI=1S/C23H30N2O2/c1-14(2)27-22(26)23(9-10-23)13-25-18-7-5-15(3)11-17(18)21-19-8-6-16(24(19)4)12-20(21)25/h5,7,11,14,16,19H,6,8-10,12-13H2,1-4H3. The second-order valence-electron chi connectivity index (χ2n) is 9.32. The van der Waals surface area contributed by atoms with Gasteiger partial charge in [0.15, 0.2) is 0 Å². The molecule has 1 saturated heterocycles. The topological polar surface area (TPSA) is 34.5 Å². The fourth-order valence-electron chi connectivity index (χ4n) is 5.37. The zero-order valence-electron chi connectivity index (χ0n) is 16.9. The highest BCUT2D eigenvalue weighted by atomic mass is 16.5. The van der Waals surface area contributed by atoms with E-state index in [1.165, 1.54) is 40.6 Å². The lowest BCUT2D eigenvalue weighted by molar-refractivity contribution is -0.154. The van der Waals surface area contributed by atoms with Crippen molar-refractivity contribution in [3.05, 3.63) is 35.0 Å². The highest BCUT2D eigenvalue weighted by Crippen LogP contribution is 2.52. The third kappa shape index (κ3) is 2.56. The van der Waals surface area contributed by atoms with E-state index in [1.54, 1.807) is 0 Å². The number of likely N-dealkylation sites (N-methyl/N-ethyl adjacent to an activating group) is 1. The van der Waals surface area contributed by atoms with E-state index >= 15 is 0 Å². The number of rotatable bonds is 4. The van der Waals surface area contributed by atoms with E-state index in [0.717, 1.165) is 25.8 Å². The second kappa shape index (κ2) is 5.84. The fourth-order valence-corrected chi connectivity index (χ4v) is 5.37. The summed E-state index contributed by atoms with van der Waals surface area (Å²) in [7, 11) is 2.28. The number of esters is 1. The predicted octanol–water partition coefficient (Wildman–Crippen LogP) is 4.37. The van der Waals surface area contributed by atoms with Gasteiger partial charge in [-0.3, -0.25) is 9.69 Å². The molecular formula is C23H30N2O2. The zero-order valence-corrected chi connectivity index (χ0v) is 16.9. The van der Waals surface area contributed by atoms with Crippen LogP contribution in [0.3, 0.4) is 0 Å². The highest BCUT2D eigenvalue weighted by molar-refractivity contribution is 5.88. The van der Waals surface area contributed by atoms with Crippen LogP contribution in [-0.4, -0.2) is 34.6 Å². The molecule has 2 unspecified atom stereocenters. The monoisotopic (exact) mass is 366 g/mol. The number of hydrogen-bond donors (Lipinski definition) is 0. The lowest BCUT2D eigenvalue weighted by atomic mass is 9.97. The van der Waals surface area contributed by atoms with E-state index < -0.39 is 0 Å². The maximum atomic E-state index is 12.8. The van der Waals surface area contributed by atoms with Crippen LogP contribution in [0.2, 0.25) is 0 Å². The molecule has 0 radical (unpaired) electrons. The molecule has 1 aromatic carbocycles. The molecule has 2 atom stereocenters. The summed E-state index contributed by atoms with van der Waals surface area (Å²) in [6, 6.07) is 7.99. The Balaban J connectivity index is 1.62. The van der Waals surface area contributed by atoms with Crippen LogP contribution in [0.15, 0.2) is 18.2 Å². The molecule has 2 aliphatic heterocycles. The minimum Gasteiger partial charge on any atom is -0.462 e. The summed E-state index contributed by atoms with van der Waals surface area (Å²) >= 11 is 0. The van der Waals surface area contributed by atoms with Crippen molar-refractivity contribution in [1.82, 2.24) is 9.47 Å². The van der Waals surface area contributed by atoms with Crippen LogP contribution >= 0.6 is 0 Å². The van der Waals surface area contributed by atoms with E-state index in [9.17, 15) is 4.79 Å². The summed E-state index contributed by atoms with van der Waals surface area (Å²) in [5.41, 5.74) is 5.31. The third-order valence-electron chi connectivity index (χ3n) is 7.06. The number of aromatic nitrogens is 1. The molecule has 0 amide bonds. The van der Waals surface area contributed by atoms with Crippen LogP contribution in [0.1, 0.15) is 62.4 Å². The molecular weight excluding hydrogens is 336 g/mol. The average Bonchev–Trinajstić information content (AvgIpc) is 3.29. The van der Waals surface area contributed by atoms with Gasteiger partial charge in [-0.15, -0.1) is 0 Å². The van der Waals surface area contributed by atoms with Crippen LogP contribution in [0.5, 0.6) is 0 Å². The van der Waals surface area contributed by atoms with E-state index in [4.69, 9.17) is 4.74 Å². The molecule has 2 aromatic rings. The van der Waals surface area contributed by atoms with Gasteiger partial charge in [0.2, 0.25) is 0 Å². The first-order valence-corrected chi connectivity index (χ1v) is 10.4. The first-order valence-electron chi connectivity index (χ1n) is 10.4. The molecule has 3 aliphatic rings. The first-order chi connectivity index (χ1) is 12.9. The Morgan fingerprint density at radius 3 is 2.78 bits per heavy atom. The van der Waals surface area contributed by atoms with Gasteiger partial charge in [-0.2, -0.15) is 0 Å². The first kappa shape index (κ1) is 17.3. The average molecular weight is 367 g/mol. The van der Waals surface area contributed by atoms with Crippen molar-refractivity contribution in [2.75, 3.05) is 7.05 Å².